The van der Waals surface area contributed by atoms with Gasteiger partial charge in [0.2, 0.25) is 0 Å². The maximum atomic E-state index is 11.5. The molecule has 25 heavy (non-hydrogen) atoms. The molecule has 6 nitrogen and oxygen atoms in total. The number of aliphatic imine (C=N–C) groups is 1. The van der Waals surface area contributed by atoms with Crippen LogP contribution in [0.1, 0.15) is 11.1 Å². The lowest BCUT2D eigenvalue weighted by Crippen LogP contribution is -2.22. The number of halogens is 1. The summed E-state index contributed by atoms with van der Waals surface area (Å²) >= 11 is 0. The van der Waals surface area contributed by atoms with Crippen LogP contribution in [0.5, 0.6) is 5.75 Å². The normalized spacial score (nSPS) is 11.5. The van der Waals surface area contributed by atoms with E-state index in [1.807, 2.05) is 42.5 Å². The Bertz CT molecular complexity index is 821. The number of rotatable bonds is 6. The second kappa shape index (κ2) is 9.62. The molecule has 0 saturated heterocycles. The van der Waals surface area contributed by atoms with Crippen LogP contribution in [0.4, 0.5) is 5.69 Å². The average molecular weight is 475 g/mol. The van der Waals surface area contributed by atoms with Crippen LogP contribution in [0.3, 0.4) is 0 Å². The van der Waals surface area contributed by atoms with E-state index in [0.717, 1.165) is 22.6 Å². The number of guanidine groups is 1. The largest absolute Gasteiger partial charge is 0.497 e. The SMILES string of the molecule is COc1ccc(NC(N)=NCc2ccccc2CS(C)(=O)=O)cc1.I. The number of sulfone groups is 1. The number of methoxy groups -OCH3 is 1. The van der Waals surface area contributed by atoms with Crippen molar-refractivity contribution in [1.82, 2.24) is 0 Å². The summed E-state index contributed by atoms with van der Waals surface area (Å²) in [6.45, 7) is 0.306. The highest BCUT2D eigenvalue weighted by atomic mass is 127. The van der Waals surface area contributed by atoms with Crippen LogP contribution >= 0.6 is 24.0 Å². The van der Waals surface area contributed by atoms with Gasteiger partial charge >= 0.3 is 0 Å². The molecule has 3 N–H and O–H groups in total. The predicted octanol–water partition coefficient (Wildman–Crippen LogP) is 2.78. The smallest absolute Gasteiger partial charge is 0.193 e. The average Bonchev–Trinajstić information content (AvgIpc) is 2.53. The van der Waals surface area contributed by atoms with E-state index in [-0.39, 0.29) is 35.7 Å². The van der Waals surface area contributed by atoms with Crippen LogP contribution in [0.15, 0.2) is 53.5 Å². The second-order valence-electron chi connectivity index (χ2n) is 5.39. The van der Waals surface area contributed by atoms with Gasteiger partial charge < -0.3 is 15.8 Å². The summed E-state index contributed by atoms with van der Waals surface area (Å²) in [5, 5.41) is 2.99. The van der Waals surface area contributed by atoms with Gasteiger partial charge in [0.05, 0.1) is 19.4 Å². The molecule has 0 spiro atoms. The fourth-order valence-corrected chi connectivity index (χ4v) is 3.01. The zero-order chi connectivity index (χ0) is 17.6. The summed E-state index contributed by atoms with van der Waals surface area (Å²) in [7, 11) is -1.50. The summed E-state index contributed by atoms with van der Waals surface area (Å²) in [4.78, 5) is 4.28. The molecule has 2 rings (SSSR count). The molecule has 2 aromatic carbocycles. The molecule has 0 bridgehead atoms. The van der Waals surface area contributed by atoms with Gasteiger partial charge in [-0.25, -0.2) is 13.4 Å². The summed E-state index contributed by atoms with van der Waals surface area (Å²) < 4.78 is 28.1. The Morgan fingerprint density at radius 2 is 1.72 bits per heavy atom. The van der Waals surface area contributed by atoms with Gasteiger partial charge in [-0.2, -0.15) is 0 Å². The molecule has 0 unspecified atom stereocenters. The van der Waals surface area contributed by atoms with Crippen LogP contribution in [0.25, 0.3) is 0 Å². The van der Waals surface area contributed by atoms with Gasteiger partial charge in [0.15, 0.2) is 15.8 Å². The predicted molar refractivity (Wildman–Crippen MR) is 112 cm³/mol. The lowest BCUT2D eigenvalue weighted by Gasteiger charge is -2.09. The molecule has 8 heteroatoms. The summed E-state index contributed by atoms with van der Waals surface area (Å²) in [6, 6.07) is 14.6. The molecule has 0 amide bonds. The van der Waals surface area contributed by atoms with Crippen molar-refractivity contribution in [1.29, 1.82) is 0 Å². The van der Waals surface area contributed by atoms with Crippen molar-refractivity contribution >= 4 is 45.5 Å². The molecule has 0 atom stereocenters. The van der Waals surface area contributed by atoms with Crippen molar-refractivity contribution in [2.75, 3.05) is 18.7 Å². The number of ether oxygens (including phenoxy) is 1. The Balaban J connectivity index is 0.00000312. The monoisotopic (exact) mass is 475 g/mol. The standard InChI is InChI=1S/C17H21N3O3S.HI/c1-23-16-9-7-15(8-10-16)20-17(18)19-11-13-5-3-4-6-14(13)12-24(2,21)22;/h3-10H,11-12H2,1-2H3,(H3,18,19,20);1H. The third kappa shape index (κ3) is 7.30. The van der Waals surface area contributed by atoms with E-state index < -0.39 is 9.84 Å². The topological polar surface area (TPSA) is 93.8 Å². The molecule has 0 saturated carbocycles. The Morgan fingerprint density at radius 1 is 1.12 bits per heavy atom. The first-order valence-corrected chi connectivity index (χ1v) is 9.39. The third-order valence-electron chi connectivity index (χ3n) is 3.32. The highest BCUT2D eigenvalue weighted by Crippen LogP contribution is 2.15. The summed E-state index contributed by atoms with van der Waals surface area (Å²) in [5.41, 5.74) is 8.26. The molecule has 0 fully saturated rings. The molecule has 136 valence electrons. The van der Waals surface area contributed by atoms with E-state index in [1.165, 1.54) is 6.26 Å². The van der Waals surface area contributed by atoms with Gasteiger partial charge in [0.25, 0.3) is 0 Å². The Morgan fingerprint density at radius 3 is 2.28 bits per heavy atom. The van der Waals surface area contributed by atoms with Crippen molar-refractivity contribution < 1.29 is 13.2 Å². The van der Waals surface area contributed by atoms with Gasteiger partial charge in [0, 0.05) is 11.9 Å². The Labute approximate surface area is 165 Å². The Hall–Kier alpha value is -1.81. The number of benzene rings is 2. The molecule has 0 aromatic heterocycles. The van der Waals surface area contributed by atoms with Crippen molar-refractivity contribution in [3.63, 3.8) is 0 Å². The number of nitrogens with zero attached hydrogens (tertiary/aromatic N) is 1. The number of hydrogen-bond donors (Lipinski definition) is 2. The van der Waals surface area contributed by atoms with Crippen molar-refractivity contribution in [2.24, 2.45) is 10.7 Å². The quantitative estimate of drug-likeness (QED) is 0.381. The first kappa shape index (κ1) is 21.2. The molecule has 0 radical (unpaired) electrons. The number of anilines is 1. The van der Waals surface area contributed by atoms with Gasteiger partial charge in [-0.3, -0.25) is 0 Å². The lowest BCUT2D eigenvalue weighted by atomic mass is 10.1. The van der Waals surface area contributed by atoms with Crippen molar-refractivity contribution in [3.05, 3.63) is 59.7 Å². The minimum Gasteiger partial charge on any atom is -0.497 e. The van der Waals surface area contributed by atoms with Crippen LogP contribution < -0.4 is 15.8 Å². The first-order chi connectivity index (χ1) is 11.4. The number of nitrogens with one attached hydrogen (secondary N) is 1. The number of nitrogens with two attached hydrogens (primary N) is 1. The highest BCUT2D eigenvalue weighted by molar-refractivity contribution is 14.0. The van der Waals surface area contributed by atoms with E-state index in [0.29, 0.717) is 6.54 Å². The fourth-order valence-electron chi connectivity index (χ4n) is 2.17. The minimum absolute atomic E-state index is 0. The molecule has 0 heterocycles. The maximum absolute atomic E-state index is 11.5. The Kier molecular flexibility index (Phi) is 8.17. The first-order valence-electron chi connectivity index (χ1n) is 7.33. The van der Waals surface area contributed by atoms with Crippen LogP contribution in [0.2, 0.25) is 0 Å². The summed E-state index contributed by atoms with van der Waals surface area (Å²) in [6.07, 6.45) is 1.21. The van der Waals surface area contributed by atoms with Crippen molar-refractivity contribution in [3.8, 4) is 5.75 Å². The van der Waals surface area contributed by atoms with Crippen molar-refractivity contribution in [2.45, 2.75) is 12.3 Å². The summed E-state index contributed by atoms with van der Waals surface area (Å²) in [5.74, 6) is 1.00. The van der Waals surface area contributed by atoms with E-state index in [1.54, 1.807) is 13.2 Å². The second-order valence-corrected chi connectivity index (χ2v) is 7.53. The molecule has 0 aliphatic carbocycles. The maximum Gasteiger partial charge on any atom is 0.193 e. The third-order valence-corrected chi connectivity index (χ3v) is 4.15. The van der Waals surface area contributed by atoms with E-state index >= 15 is 0 Å². The molecular formula is C17H22IN3O3S. The van der Waals surface area contributed by atoms with Gasteiger partial charge in [-0.15, -0.1) is 24.0 Å². The van der Waals surface area contributed by atoms with Crippen LogP contribution in [-0.4, -0.2) is 27.7 Å². The zero-order valence-electron chi connectivity index (χ0n) is 14.1. The molecular weight excluding hydrogens is 453 g/mol. The molecule has 0 aliphatic heterocycles. The highest BCUT2D eigenvalue weighted by Gasteiger charge is 2.08. The lowest BCUT2D eigenvalue weighted by molar-refractivity contribution is 0.415. The van der Waals surface area contributed by atoms with Gasteiger partial charge in [-0.05, 0) is 35.4 Å². The van der Waals surface area contributed by atoms with Crippen LogP contribution in [0, 0.1) is 0 Å². The molecule has 0 aliphatic rings. The fraction of sp³-hybridized carbons (Fsp3) is 0.235. The van der Waals surface area contributed by atoms with E-state index in [2.05, 4.69) is 10.3 Å². The number of hydrogen-bond acceptors (Lipinski definition) is 4. The zero-order valence-corrected chi connectivity index (χ0v) is 17.2. The van der Waals surface area contributed by atoms with Gasteiger partial charge in [-0.1, -0.05) is 24.3 Å². The molecule has 2 aromatic rings. The van der Waals surface area contributed by atoms with Gasteiger partial charge in [0.1, 0.15) is 5.75 Å². The minimum atomic E-state index is -3.10. The van der Waals surface area contributed by atoms with E-state index in [4.69, 9.17) is 10.5 Å². The van der Waals surface area contributed by atoms with E-state index in [9.17, 15) is 8.42 Å². The van der Waals surface area contributed by atoms with Crippen LogP contribution in [-0.2, 0) is 22.1 Å².